The Bertz CT molecular complexity index is 791. The highest BCUT2D eigenvalue weighted by molar-refractivity contribution is 5.92. The molecule has 29 heavy (non-hydrogen) atoms. The van der Waals surface area contributed by atoms with Crippen LogP contribution in [0.4, 0.5) is 0 Å². The van der Waals surface area contributed by atoms with Gasteiger partial charge in [-0.1, -0.05) is 36.4 Å². The topological polar surface area (TPSA) is 70.0 Å². The standard InChI is InChI=1S/C23H29NO4.ClH/c1-16(22(26)19-8-9-21(25)20(15-19)23(27)28-2)24-12-10-18(11-13-24)14-17-6-4-3-5-7-17;/h3-9,15-16,18,22,25-26H,10-14H2,1-2H3;1H. The fraction of sp³-hybridized carbons (Fsp3) is 0.435. The number of nitrogens with zero attached hydrogens (tertiary/aromatic N) is 1. The molecule has 2 aromatic rings. The molecule has 1 aliphatic heterocycles. The van der Waals surface area contributed by atoms with Crippen LogP contribution in [-0.2, 0) is 11.2 Å². The van der Waals surface area contributed by atoms with Gasteiger partial charge in [-0.2, -0.15) is 0 Å². The maximum atomic E-state index is 11.8. The Labute approximate surface area is 178 Å². The zero-order chi connectivity index (χ0) is 20.1. The molecule has 1 fully saturated rings. The minimum absolute atomic E-state index is 0. The SMILES string of the molecule is COC(=O)c1cc(C(O)C(C)N2CCC(Cc3ccccc3)CC2)ccc1O.Cl. The van der Waals surface area contributed by atoms with E-state index in [1.54, 1.807) is 6.07 Å². The number of methoxy groups -OCH3 is 1. The van der Waals surface area contributed by atoms with E-state index in [9.17, 15) is 15.0 Å². The normalized spacial score (nSPS) is 17.2. The average Bonchev–Trinajstić information content (AvgIpc) is 2.74. The second-order valence-electron chi connectivity index (χ2n) is 7.62. The van der Waals surface area contributed by atoms with Crippen LogP contribution < -0.4 is 0 Å². The van der Waals surface area contributed by atoms with E-state index in [1.165, 1.54) is 24.8 Å². The average molecular weight is 420 g/mol. The van der Waals surface area contributed by atoms with Crippen molar-refractivity contribution in [3.8, 4) is 5.75 Å². The number of hydrogen-bond donors (Lipinski definition) is 2. The molecule has 0 aromatic heterocycles. The van der Waals surface area contributed by atoms with Crippen LogP contribution in [0.5, 0.6) is 5.75 Å². The zero-order valence-corrected chi connectivity index (χ0v) is 17.8. The van der Waals surface area contributed by atoms with Crippen molar-refractivity contribution in [2.75, 3.05) is 20.2 Å². The number of phenolic OH excluding ortho intramolecular Hbond substituents is 1. The number of aliphatic hydroxyl groups is 1. The minimum Gasteiger partial charge on any atom is -0.507 e. The van der Waals surface area contributed by atoms with E-state index >= 15 is 0 Å². The molecule has 2 N–H and O–H groups in total. The van der Waals surface area contributed by atoms with E-state index in [0.717, 1.165) is 32.4 Å². The minimum atomic E-state index is -0.741. The molecule has 6 heteroatoms. The van der Waals surface area contributed by atoms with Crippen LogP contribution in [0, 0.1) is 5.92 Å². The van der Waals surface area contributed by atoms with Gasteiger partial charge in [0.1, 0.15) is 11.3 Å². The molecule has 1 aliphatic rings. The molecule has 0 amide bonds. The molecular weight excluding hydrogens is 390 g/mol. The molecule has 0 saturated carbocycles. The summed E-state index contributed by atoms with van der Waals surface area (Å²) >= 11 is 0. The summed E-state index contributed by atoms with van der Waals surface area (Å²) in [5, 5.41) is 20.7. The number of ether oxygens (including phenoxy) is 1. The molecule has 1 saturated heterocycles. The molecule has 2 atom stereocenters. The molecule has 0 radical (unpaired) electrons. The number of benzene rings is 2. The van der Waals surface area contributed by atoms with E-state index in [-0.39, 0.29) is 29.8 Å². The fourth-order valence-electron chi connectivity index (χ4n) is 4.00. The highest BCUT2D eigenvalue weighted by Gasteiger charge is 2.28. The Morgan fingerprint density at radius 2 is 1.83 bits per heavy atom. The second kappa shape index (κ2) is 10.6. The maximum Gasteiger partial charge on any atom is 0.341 e. The monoisotopic (exact) mass is 419 g/mol. The molecule has 0 spiro atoms. The summed E-state index contributed by atoms with van der Waals surface area (Å²) in [4.78, 5) is 14.1. The van der Waals surface area contributed by atoms with Gasteiger partial charge in [-0.25, -0.2) is 4.79 Å². The van der Waals surface area contributed by atoms with Crippen molar-refractivity contribution in [2.45, 2.75) is 38.3 Å². The predicted octanol–water partition coefficient (Wildman–Crippen LogP) is 3.98. The van der Waals surface area contributed by atoms with Crippen LogP contribution in [-0.4, -0.2) is 47.3 Å². The van der Waals surface area contributed by atoms with Crippen molar-refractivity contribution in [1.29, 1.82) is 0 Å². The maximum absolute atomic E-state index is 11.8. The van der Waals surface area contributed by atoms with Crippen LogP contribution in [0.3, 0.4) is 0 Å². The van der Waals surface area contributed by atoms with E-state index < -0.39 is 12.1 Å². The van der Waals surface area contributed by atoms with Gasteiger partial charge >= 0.3 is 5.97 Å². The second-order valence-corrected chi connectivity index (χ2v) is 7.62. The van der Waals surface area contributed by atoms with Crippen LogP contribution in [0.15, 0.2) is 48.5 Å². The Hall–Kier alpha value is -2.08. The summed E-state index contributed by atoms with van der Waals surface area (Å²) in [7, 11) is 1.27. The first-order chi connectivity index (χ1) is 13.5. The third-order valence-corrected chi connectivity index (χ3v) is 5.82. The number of carbonyl (C=O) groups is 1. The van der Waals surface area contributed by atoms with Crippen LogP contribution in [0.2, 0.25) is 0 Å². The lowest BCUT2D eigenvalue weighted by atomic mass is 9.89. The van der Waals surface area contributed by atoms with Gasteiger partial charge < -0.3 is 14.9 Å². The molecular formula is C23H30ClNO4. The zero-order valence-electron chi connectivity index (χ0n) is 17.0. The third kappa shape index (κ3) is 5.72. The first kappa shape index (κ1) is 23.2. The number of piperidine rings is 1. The number of aliphatic hydroxyl groups excluding tert-OH is 1. The van der Waals surface area contributed by atoms with Crippen molar-refractivity contribution in [3.63, 3.8) is 0 Å². The van der Waals surface area contributed by atoms with Gasteiger partial charge in [-0.15, -0.1) is 12.4 Å². The number of esters is 1. The quantitative estimate of drug-likeness (QED) is 0.693. The first-order valence-corrected chi connectivity index (χ1v) is 9.87. The Morgan fingerprint density at radius 1 is 1.17 bits per heavy atom. The molecule has 2 unspecified atom stereocenters. The smallest absolute Gasteiger partial charge is 0.341 e. The number of rotatable bonds is 6. The molecule has 158 valence electrons. The van der Waals surface area contributed by atoms with Gasteiger partial charge in [-0.3, -0.25) is 4.90 Å². The van der Waals surface area contributed by atoms with E-state index in [0.29, 0.717) is 11.5 Å². The lowest BCUT2D eigenvalue weighted by molar-refractivity contribution is 0.0372. The fourth-order valence-corrected chi connectivity index (χ4v) is 4.00. The van der Waals surface area contributed by atoms with Gasteiger partial charge in [0.2, 0.25) is 0 Å². The summed E-state index contributed by atoms with van der Waals surface area (Å²) in [6.45, 7) is 3.89. The van der Waals surface area contributed by atoms with Gasteiger partial charge in [0.05, 0.1) is 13.2 Å². The van der Waals surface area contributed by atoms with Crippen LogP contribution in [0.25, 0.3) is 0 Å². The Morgan fingerprint density at radius 3 is 2.45 bits per heavy atom. The Balaban J connectivity index is 0.00000300. The highest BCUT2D eigenvalue weighted by atomic mass is 35.5. The molecule has 5 nitrogen and oxygen atoms in total. The molecule has 0 bridgehead atoms. The van der Waals surface area contributed by atoms with Crippen molar-refractivity contribution in [3.05, 3.63) is 65.2 Å². The van der Waals surface area contributed by atoms with E-state index in [2.05, 4.69) is 29.2 Å². The summed E-state index contributed by atoms with van der Waals surface area (Å²) in [5.74, 6) is -0.0827. The summed E-state index contributed by atoms with van der Waals surface area (Å²) < 4.78 is 4.70. The van der Waals surface area contributed by atoms with Crippen molar-refractivity contribution in [1.82, 2.24) is 4.90 Å². The first-order valence-electron chi connectivity index (χ1n) is 9.87. The highest BCUT2D eigenvalue weighted by Crippen LogP contribution is 2.29. The molecule has 3 rings (SSSR count). The molecule has 1 heterocycles. The summed E-state index contributed by atoms with van der Waals surface area (Å²) in [6.07, 6.45) is 2.57. The van der Waals surface area contributed by atoms with Crippen LogP contribution >= 0.6 is 12.4 Å². The number of likely N-dealkylation sites (tertiary alicyclic amines) is 1. The van der Waals surface area contributed by atoms with Gasteiger partial charge in [0, 0.05) is 6.04 Å². The largest absolute Gasteiger partial charge is 0.507 e. The third-order valence-electron chi connectivity index (χ3n) is 5.82. The van der Waals surface area contributed by atoms with E-state index in [4.69, 9.17) is 4.74 Å². The molecule has 0 aliphatic carbocycles. The number of hydrogen-bond acceptors (Lipinski definition) is 5. The van der Waals surface area contributed by atoms with Gasteiger partial charge in [0.15, 0.2) is 0 Å². The summed E-state index contributed by atoms with van der Waals surface area (Å²) in [6, 6.07) is 15.1. The van der Waals surface area contributed by atoms with Crippen molar-refractivity contribution >= 4 is 18.4 Å². The lowest BCUT2D eigenvalue weighted by Gasteiger charge is -2.38. The molecule has 2 aromatic carbocycles. The Kier molecular flexibility index (Phi) is 8.50. The number of phenols is 1. The predicted molar refractivity (Wildman–Crippen MR) is 116 cm³/mol. The van der Waals surface area contributed by atoms with Gasteiger partial charge in [-0.05, 0) is 68.5 Å². The summed E-state index contributed by atoms with van der Waals surface area (Å²) in [5.41, 5.74) is 2.07. The van der Waals surface area contributed by atoms with Gasteiger partial charge in [0.25, 0.3) is 0 Å². The van der Waals surface area contributed by atoms with Crippen molar-refractivity contribution in [2.24, 2.45) is 5.92 Å². The number of carbonyl (C=O) groups excluding carboxylic acids is 1. The van der Waals surface area contributed by atoms with Crippen molar-refractivity contribution < 1.29 is 19.7 Å². The number of halogens is 1. The van der Waals surface area contributed by atoms with Crippen LogP contribution in [0.1, 0.15) is 47.4 Å². The number of aromatic hydroxyl groups is 1. The van der Waals surface area contributed by atoms with E-state index in [1.807, 2.05) is 13.0 Å². The lowest BCUT2D eigenvalue weighted by Crippen LogP contribution is -2.43.